The summed E-state index contributed by atoms with van der Waals surface area (Å²) in [6.45, 7) is 3.42. The maximum Gasteiger partial charge on any atom is 0.264 e. The lowest BCUT2D eigenvalue weighted by atomic mass is 10.2. The maximum absolute atomic E-state index is 13.1. The molecule has 0 aliphatic carbocycles. The van der Waals surface area contributed by atoms with E-state index in [2.05, 4.69) is 15.2 Å². The van der Waals surface area contributed by atoms with Gasteiger partial charge in [-0.25, -0.2) is 12.8 Å². The van der Waals surface area contributed by atoms with Crippen LogP contribution in [0.5, 0.6) is 0 Å². The summed E-state index contributed by atoms with van der Waals surface area (Å²) >= 11 is 0. The number of rotatable bonds is 4. The van der Waals surface area contributed by atoms with Crippen LogP contribution >= 0.6 is 0 Å². The van der Waals surface area contributed by atoms with E-state index >= 15 is 0 Å². The number of benzene rings is 1. The highest BCUT2D eigenvalue weighted by atomic mass is 32.2. The van der Waals surface area contributed by atoms with Crippen molar-refractivity contribution in [2.75, 3.05) is 31.1 Å². The molecule has 0 amide bonds. The SMILES string of the molecule is Cc1nnc(-c2cc(S(=O)(=O)N3CCN(c4ccc(F)cc4)CC3)c[nH]2)o1. The predicted octanol–water partition coefficient (Wildman–Crippen LogP) is 2.02. The Balaban J connectivity index is 1.47. The Morgan fingerprint density at radius 3 is 2.44 bits per heavy atom. The van der Waals surface area contributed by atoms with Crippen molar-refractivity contribution < 1.29 is 17.2 Å². The zero-order valence-corrected chi connectivity index (χ0v) is 15.4. The Kier molecular flexibility index (Phi) is 4.44. The van der Waals surface area contributed by atoms with Crippen LogP contribution in [0.3, 0.4) is 0 Å². The molecule has 0 unspecified atom stereocenters. The lowest BCUT2D eigenvalue weighted by Gasteiger charge is -2.35. The molecule has 1 aliphatic heterocycles. The largest absolute Gasteiger partial charge is 0.420 e. The third kappa shape index (κ3) is 3.45. The van der Waals surface area contributed by atoms with E-state index in [1.165, 1.54) is 28.7 Å². The highest BCUT2D eigenvalue weighted by Crippen LogP contribution is 2.25. The van der Waals surface area contributed by atoms with Crippen LogP contribution in [0.1, 0.15) is 5.89 Å². The summed E-state index contributed by atoms with van der Waals surface area (Å²) in [5.74, 6) is 0.357. The van der Waals surface area contributed by atoms with E-state index in [4.69, 9.17) is 4.42 Å². The average Bonchev–Trinajstić information content (AvgIpc) is 3.32. The van der Waals surface area contributed by atoms with Gasteiger partial charge >= 0.3 is 0 Å². The van der Waals surface area contributed by atoms with Crippen molar-refractivity contribution in [3.63, 3.8) is 0 Å². The number of hydrogen-bond donors (Lipinski definition) is 1. The topological polar surface area (TPSA) is 95.3 Å². The first-order valence-electron chi connectivity index (χ1n) is 8.43. The Hall–Kier alpha value is -2.72. The van der Waals surface area contributed by atoms with Crippen molar-refractivity contribution in [3.8, 4) is 11.6 Å². The van der Waals surface area contributed by atoms with Crippen LogP contribution in [0.2, 0.25) is 0 Å². The van der Waals surface area contributed by atoms with Gasteiger partial charge in [0.1, 0.15) is 16.4 Å². The first kappa shape index (κ1) is 17.7. The molecule has 0 spiro atoms. The van der Waals surface area contributed by atoms with Crippen LogP contribution in [-0.4, -0.2) is 54.1 Å². The van der Waals surface area contributed by atoms with Crippen LogP contribution in [0.4, 0.5) is 10.1 Å². The van der Waals surface area contributed by atoms with Crippen molar-refractivity contribution in [3.05, 3.63) is 48.2 Å². The van der Waals surface area contributed by atoms with E-state index in [0.29, 0.717) is 37.8 Å². The van der Waals surface area contributed by atoms with Gasteiger partial charge in [0.2, 0.25) is 15.9 Å². The number of H-pyrrole nitrogens is 1. The molecule has 1 fully saturated rings. The van der Waals surface area contributed by atoms with E-state index in [1.807, 2.05) is 4.90 Å². The van der Waals surface area contributed by atoms with Crippen LogP contribution in [-0.2, 0) is 10.0 Å². The third-order valence-electron chi connectivity index (χ3n) is 4.48. The minimum absolute atomic E-state index is 0.156. The molecule has 8 nitrogen and oxygen atoms in total. The van der Waals surface area contributed by atoms with Crippen molar-refractivity contribution in [1.82, 2.24) is 19.5 Å². The standard InChI is InChI=1S/C17H18FN5O3S/c1-12-20-21-17(26-12)16-10-15(11-19-16)27(24,25)23-8-6-22(7-9-23)14-4-2-13(18)3-5-14/h2-5,10-11,19H,6-9H2,1H3. The Morgan fingerprint density at radius 1 is 1.11 bits per heavy atom. The molecule has 3 heterocycles. The molecule has 1 aromatic carbocycles. The summed E-state index contributed by atoms with van der Waals surface area (Å²) in [6.07, 6.45) is 1.43. The molecule has 0 bridgehead atoms. The zero-order valence-electron chi connectivity index (χ0n) is 14.6. The van der Waals surface area contributed by atoms with E-state index in [-0.39, 0.29) is 16.6 Å². The van der Waals surface area contributed by atoms with Gasteiger partial charge in [0.15, 0.2) is 0 Å². The van der Waals surface area contributed by atoms with Crippen molar-refractivity contribution in [1.29, 1.82) is 0 Å². The minimum Gasteiger partial charge on any atom is -0.420 e. The Morgan fingerprint density at radius 2 is 1.81 bits per heavy atom. The van der Waals surface area contributed by atoms with Gasteiger partial charge in [0.05, 0.1) is 0 Å². The van der Waals surface area contributed by atoms with Gasteiger partial charge in [-0.3, -0.25) is 0 Å². The second kappa shape index (κ2) is 6.78. The van der Waals surface area contributed by atoms with Crippen molar-refractivity contribution in [2.24, 2.45) is 0 Å². The number of nitrogens with one attached hydrogen (secondary N) is 1. The molecule has 1 saturated heterocycles. The fraction of sp³-hybridized carbons (Fsp3) is 0.294. The van der Waals surface area contributed by atoms with Gasteiger partial charge in [0.25, 0.3) is 5.89 Å². The zero-order chi connectivity index (χ0) is 19.0. The van der Waals surface area contributed by atoms with E-state index in [1.54, 1.807) is 19.1 Å². The van der Waals surface area contributed by atoms with E-state index in [9.17, 15) is 12.8 Å². The number of piperazine rings is 1. The number of aromatic nitrogens is 3. The van der Waals surface area contributed by atoms with Crippen LogP contribution in [0, 0.1) is 12.7 Å². The predicted molar refractivity (Wildman–Crippen MR) is 96.2 cm³/mol. The lowest BCUT2D eigenvalue weighted by molar-refractivity contribution is 0.385. The molecular weight excluding hydrogens is 373 g/mol. The molecule has 0 atom stereocenters. The molecule has 1 N–H and O–H groups in total. The number of anilines is 1. The second-order valence-electron chi connectivity index (χ2n) is 6.24. The quantitative estimate of drug-likeness (QED) is 0.731. The second-order valence-corrected chi connectivity index (χ2v) is 8.18. The molecule has 2 aromatic heterocycles. The summed E-state index contributed by atoms with van der Waals surface area (Å²) in [7, 11) is -3.63. The van der Waals surface area contributed by atoms with E-state index < -0.39 is 10.0 Å². The number of aromatic amines is 1. The van der Waals surface area contributed by atoms with E-state index in [0.717, 1.165) is 5.69 Å². The average molecular weight is 391 g/mol. The van der Waals surface area contributed by atoms with Crippen LogP contribution in [0.25, 0.3) is 11.6 Å². The Bertz CT molecular complexity index is 1040. The third-order valence-corrected chi connectivity index (χ3v) is 6.36. The van der Waals surface area contributed by atoms with Crippen LogP contribution < -0.4 is 4.90 Å². The summed E-state index contributed by atoms with van der Waals surface area (Å²) < 4.78 is 45.6. The summed E-state index contributed by atoms with van der Waals surface area (Å²) in [4.78, 5) is 5.07. The fourth-order valence-electron chi connectivity index (χ4n) is 3.04. The highest BCUT2D eigenvalue weighted by Gasteiger charge is 2.30. The summed E-state index contributed by atoms with van der Waals surface area (Å²) in [5.41, 5.74) is 1.34. The van der Waals surface area contributed by atoms with Gasteiger partial charge in [-0.05, 0) is 30.3 Å². The number of hydrogen-bond acceptors (Lipinski definition) is 6. The molecule has 27 heavy (non-hydrogen) atoms. The minimum atomic E-state index is -3.63. The molecule has 10 heteroatoms. The molecule has 3 aromatic rings. The fourth-order valence-corrected chi connectivity index (χ4v) is 4.46. The molecule has 1 aliphatic rings. The van der Waals surface area contributed by atoms with Gasteiger partial charge < -0.3 is 14.3 Å². The van der Waals surface area contributed by atoms with Crippen LogP contribution in [0.15, 0.2) is 45.8 Å². The van der Waals surface area contributed by atoms with Gasteiger partial charge in [-0.15, -0.1) is 10.2 Å². The first-order chi connectivity index (χ1) is 12.9. The normalized spacial score (nSPS) is 16.0. The highest BCUT2D eigenvalue weighted by molar-refractivity contribution is 7.89. The molecular formula is C17H18FN5O3S. The molecule has 0 saturated carbocycles. The number of aryl methyl sites for hydroxylation is 1. The molecule has 142 valence electrons. The molecule has 0 radical (unpaired) electrons. The number of nitrogens with zero attached hydrogens (tertiary/aromatic N) is 4. The number of sulfonamides is 1. The van der Waals surface area contributed by atoms with Gasteiger partial charge in [-0.2, -0.15) is 4.31 Å². The molecule has 4 rings (SSSR count). The van der Waals surface area contributed by atoms with Gasteiger partial charge in [-0.1, -0.05) is 0 Å². The monoisotopic (exact) mass is 391 g/mol. The summed E-state index contributed by atoms with van der Waals surface area (Å²) in [5, 5.41) is 7.63. The number of halogens is 1. The Labute approximate surface area is 155 Å². The first-order valence-corrected chi connectivity index (χ1v) is 9.87. The van der Waals surface area contributed by atoms with Gasteiger partial charge in [0, 0.05) is 45.0 Å². The smallest absolute Gasteiger partial charge is 0.264 e. The summed E-state index contributed by atoms with van der Waals surface area (Å²) in [6, 6.07) is 7.70. The lowest BCUT2D eigenvalue weighted by Crippen LogP contribution is -2.48. The van der Waals surface area contributed by atoms with Crippen molar-refractivity contribution >= 4 is 15.7 Å². The maximum atomic E-state index is 13.1. The van der Waals surface area contributed by atoms with Crippen molar-refractivity contribution in [2.45, 2.75) is 11.8 Å².